The van der Waals surface area contributed by atoms with Gasteiger partial charge in [-0.15, -0.1) is 0 Å². The van der Waals surface area contributed by atoms with Crippen LogP contribution in [0, 0.1) is 12.8 Å². The Morgan fingerprint density at radius 1 is 1.30 bits per heavy atom. The molecule has 2 aromatic heterocycles. The van der Waals surface area contributed by atoms with Crippen LogP contribution in [0.4, 0.5) is 0 Å². The molecule has 2 N–H and O–H groups in total. The maximum absolute atomic E-state index is 12.4. The lowest BCUT2D eigenvalue weighted by atomic mass is 9.90. The van der Waals surface area contributed by atoms with Crippen LogP contribution in [-0.4, -0.2) is 50.5 Å². The number of carbonyl (C=O) groups excluding carboxylic acids is 1. The second-order valence-electron chi connectivity index (χ2n) is 7.79. The SMILES string of the molecule is Cc1cccc2nc(CN3CCC([C@@H](O)C(=O)NC4CC4)CC3)cc(=O)n12. The molecular weight excluding hydrogens is 344 g/mol. The summed E-state index contributed by atoms with van der Waals surface area (Å²) in [5, 5.41) is 13.2. The largest absolute Gasteiger partial charge is 0.383 e. The number of aliphatic hydroxyl groups is 1. The van der Waals surface area contributed by atoms with Crippen molar-refractivity contribution in [3.8, 4) is 0 Å². The van der Waals surface area contributed by atoms with E-state index in [0.29, 0.717) is 12.2 Å². The molecule has 2 aliphatic rings. The number of carbonyl (C=O) groups is 1. The zero-order chi connectivity index (χ0) is 19.0. The second kappa shape index (κ2) is 7.40. The molecule has 7 nitrogen and oxygen atoms in total. The Kier molecular flexibility index (Phi) is 4.97. The summed E-state index contributed by atoms with van der Waals surface area (Å²) < 4.78 is 1.62. The molecule has 144 valence electrons. The van der Waals surface area contributed by atoms with Gasteiger partial charge in [0.05, 0.1) is 5.69 Å². The summed E-state index contributed by atoms with van der Waals surface area (Å²) in [6, 6.07) is 7.52. The van der Waals surface area contributed by atoms with Gasteiger partial charge in [0, 0.05) is 24.3 Å². The number of amides is 1. The highest BCUT2D eigenvalue weighted by Crippen LogP contribution is 2.24. The first kappa shape index (κ1) is 18.1. The predicted octanol–water partition coefficient (Wildman–Crippen LogP) is 0.854. The van der Waals surface area contributed by atoms with Gasteiger partial charge in [0.15, 0.2) is 0 Å². The third kappa shape index (κ3) is 4.04. The molecule has 0 radical (unpaired) electrons. The molecule has 0 spiro atoms. The summed E-state index contributed by atoms with van der Waals surface area (Å²) in [7, 11) is 0. The summed E-state index contributed by atoms with van der Waals surface area (Å²) in [6.45, 7) is 4.07. The van der Waals surface area contributed by atoms with E-state index in [1.54, 1.807) is 10.5 Å². The number of fused-ring (bicyclic) bond motifs is 1. The predicted molar refractivity (Wildman–Crippen MR) is 101 cm³/mol. The van der Waals surface area contributed by atoms with E-state index in [1.165, 1.54) is 0 Å². The average Bonchev–Trinajstić information content (AvgIpc) is 3.45. The number of nitrogens with one attached hydrogen (secondary N) is 1. The van der Waals surface area contributed by atoms with Gasteiger partial charge in [0.2, 0.25) is 5.91 Å². The maximum atomic E-state index is 12.4. The monoisotopic (exact) mass is 370 g/mol. The van der Waals surface area contributed by atoms with Gasteiger partial charge in [-0.25, -0.2) is 4.98 Å². The van der Waals surface area contributed by atoms with E-state index in [-0.39, 0.29) is 23.4 Å². The van der Waals surface area contributed by atoms with Gasteiger partial charge in [0.1, 0.15) is 11.8 Å². The molecule has 1 aliphatic carbocycles. The van der Waals surface area contributed by atoms with Crippen LogP contribution in [0.5, 0.6) is 0 Å². The Labute approximate surface area is 158 Å². The average molecular weight is 370 g/mol. The molecule has 0 aromatic carbocycles. The Hall–Kier alpha value is -2.25. The van der Waals surface area contributed by atoms with Crippen molar-refractivity contribution in [3.63, 3.8) is 0 Å². The Morgan fingerprint density at radius 3 is 2.74 bits per heavy atom. The summed E-state index contributed by atoms with van der Waals surface area (Å²) in [6.07, 6.45) is 2.67. The Balaban J connectivity index is 1.37. The lowest BCUT2D eigenvalue weighted by Gasteiger charge is -2.33. The van der Waals surface area contributed by atoms with Crippen molar-refractivity contribution in [2.75, 3.05) is 13.1 Å². The molecule has 1 aliphatic heterocycles. The van der Waals surface area contributed by atoms with Crippen molar-refractivity contribution in [2.45, 2.75) is 51.3 Å². The van der Waals surface area contributed by atoms with Crippen LogP contribution in [0.15, 0.2) is 29.1 Å². The van der Waals surface area contributed by atoms with Gasteiger partial charge in [0.25, 0.3) is 5.56 Å². The quantitative estimate of drug-likeness (QED) is 0.815. The minimum absolute atomic E-state index is 0.00200. The van der Waals surface area contributed by atoms with Crippen molar-refractivity contribution < 1.29 is 9.90 Å². The molecule has 1 amide bonds. The molecule has 2 aromatic rings. The molecule has 1 saturated heterocycles. The van der Waals surface area contributed by atoms with Crippen LogP contribution in [-0.2, 0) is 11.3 Å². The number of nitrogens with zero attached hydrogens (tertiary/aromatic N) is 3. The first-order valence-corrected chi connectivity index (χ1v) is 9.70. The third-order valence-electron chi connectivity index (χ3n) is 5.59. The second-order valence-corrected chi connectivity index (χ2v) is 7.79. The molecule has 4 rings (SSSR count). The van der Waals surface area contributed by atoms with Crippen molar-refractivity contribution >= 4 is 11.6 Å². The number of likely N-dealkylation sites (tertiary alicyclic amines) is 1. The fraction of sp³-hybridized carbons (Fsp3) is 0.550. The lowest BCUT2D eigenvalue weighted by Crippen LogP contribution is -2.45. The van der Waals surface area contributed by atoms with Gasteiger partial charge >= 0.3 is 0 Å². The van der Waals surface area contributed by atoms with Crippen molar-refractivity contribution in [3.05, 3.63) is 46.0 Å². The lowest BCUT2D eigenvalue weighted by molar-refractivity contribution is -0.133. The highest BCUT2D eigenvalue weighted by molar-refractivity contribution is 5.81. The Morgan fingerprint density at radius 2 is 2.04 bits per heavy atom. The summed E-state index contributed by atoms with van der Waals surface area (Å²) in [4.78, 5) is 31.3. The number of rotatable bonds is 5. The Bertz CT molecular complexity index is 898. The summed E-state index contributed by atoms with van der Waals surface area (Å²) in [5.74, 6) is -0.228. The van der Waals surface area contributed by atoms with E-state index >= 15 is 0 Å². The number of hydrogen-bond donors (Lipinski definition) is 2. The van der Waals surface area contributed by atoms with Crippen LogP contribution >= 0.6 is 0 Å². The van der Waals surface area contributed by atoms with E-state index in [1.807, 2.05) is 25.1 Å². The number of pyridine rings is 1. The number of aryl methyl sites for hydroxylation is 1. The van der Waals surface area contributed by atoms with E-state index in [0.717, 1.165) is 50.2 Å². The highest BCUT2D eigenvalue weighted by atomic mass is 16.3. The van der Waals surface area contributed by atoms with E-state index in [9.17, 15) is 14.7 Å². The molecule has 1 atom stereocenters. The van der Waals surface area contributed by atoms with Crippen LogP contribution in [0.3, 0.4) is 0 Å². The highest BCUT2D eigenvalue weighted by Gasteiger charge is 2.33. The van der Waals surface area contributed by atoms with E-state index in [2.05, 4.69) is 15.2 Å². The topological polar surface area (TPSA) is 86.9 Å². The molecule has 0 unspecified atom stereocenters. The molecule has 1 saturated carbocycles. The van der Waals surface area contributed by atoms with E-state index < -0.39 is 6.10 Å². The van der Waals surface area contributed by atoms with Crippen molar-refractivity contribution in [2.24, 2.45) is 5.92 Å². The minimum Gasteiger partial charge on any atom is -0.383 e. The fourth-order valence-electron chi connectivity index (χ4n) is 3.83. The minimum atomic E-state index is -0.917. The fourth-order valence-corrected chi connectivity index (χ4v) is 3.83. The van der Waals surface area contributed by atoms with Crippen LogP contribution < -0.4 is 10.9 Å². The molecule has 7 heteroatoms. The molecule has 2 fully saturated rings. The van der Waals surface area contributed by atoms with Crippen molar-refractivity contribution in [1.29, 1.82) is 0 Å². The zero-order valence-electron chi connectivity index (χ0n) is 15.6. The summed E-state index contributed by atoms with van der Waals surface area (Å²) in [5.41, 5.74) is 2.24. The molecular formula is C20H26N4O3. The van der Waals surface area contributed by atoms with Gasteiger partial charge in [-0.05, 0) is 63.7 Å². The van der Waals surface area contributed by atoms with Crippen LogP contribution in [0.2, 0.25) is 0 Å². The van der Waals surface area contributed by atoms with Crippen LogP contribution in [0.1, 0.15) is 37.1 Å². The van der Waals surface area contributed by atoms with Gasteiger partial charge in [-0.2, -0.15) is 0 Å². The van der Waals surface area contributed by atoms with Crippen LogP contribution in [0.25, 0.3) is 5.65 Å². The van der Waals surface area contributed by atoms with Gasteiger partial charge in [-0.3, -0.25) is 18.9 Å². The van der Waals surface area contributed by atoms with Crippen molar-refractivity contribution in [1.82, 2.24) is 19.6 Å². The molecule has 3 heterocycles. The maximum Gasteiger partial charge on any atom is 0.258 e. The van der Waals surface area contributed by atoms with Gasteiger partial charge < -0.3 is 10.4 Å². The first-order valence-electron chi connectivity index (χ1n) is 9.70. The van der Waals surface area contributed by atoms with Gasteiger partial charge in [-0.1, -0.05) is 6.07 Å². The number of aromatic nitrogens is 2. The smallest absolute Gasteiger partial charge is 0.258 e. The zero-order valence-corrected chi connectivity index (χ0v) is 15.6. The molecule has 0 bridgehead atoms. The number of piperidine rings is 1. The summed E-state index contributed by atoms with van der Waals surface area (Å²) >= 11 is 0. The normalized spacial score (nSPS) is 19.9. The number of aliphatic hydroxyl groups excluding tert-OH is 1. The van der Waals surface area contributed by atoms with E-state index in [4.69, 9.17) is 0 Å². The number of hydrogen-bond acceptors (Lipinski definition) is 5. The standard InChI is InChI=1S/C20H26N4O3/c1-13-3-2-4-17-21-16(11-18(25)24(13)17)12-23-9-7-14(8-10-23)19(26)20(27)22-15-5-6-15/h2-4,11,14-15,19,26H,5-10,12H2,1H3,(H,22,27)/t19-/m1/s1. The third-order valence-corrected chi connectivity index (χ3v) is 5.59. The first-order chi connectivity index (χ1) is 13.0. The molecule has 27 heavy (non-hydrogen) atoms.